The number of ether oxygens (including phenoxy) is 1. The molecule has 0 unspecified atom stereocenters. The van der Waals surface area contributed by atoms with Gasteiger partial charge in [0.05, 0.1) is 17.3 Å². The van der Waals surface area contributed by atoms with Gasteiger partial charge in [-0.2, -0.15) is 10.1 Å². The van der Waals surface area contributed by atoms with Gasteiger partial charge in [-0.15, -0.1) is 0 Å². The molecule has 0 saturated carbocycles. The van der Waals surface area contributed by atoms with Crippen LogP contribution in [0.4, 0.5) is 5.82 Å². The molecule has 2 aromatic heterocycles. The van der Waals surface area contributed by atoms with E-state index in [1.165, 1.54) is 17.1 Å². The average Bonchev–Trinajstić information content (AvgIpc) is 3.31. The number of aromatic nitrogens is 4. The molecule has 1 aliphatic rings. The maximum atomic E-state index is 11.3. The average molecular weight is 465 g/mol. The molecule has 0 atom stereocenters. The molecular weight excluding hydrogens is 444 g/mol. The predicted octanol–water partition coefficient (Wildman–Crippen LogP) is 3.89. The number of carboxylic acid groups (broad SMARTS) is 1. The number of nitrogens with two attached hydrogens (primary N) is 1. The van der Waals surface area contributed by atoms with Crippen molar-refractivity contribution in [3.05, 3.63) is 65.4 Å². The fourth-order valence-electron chi connectivity index (χ4n) is 3.78. The second kappa shape index (κ2) is 8.68. The maximum Gasteiger partial charge on any atom is 0.338 e. The van der Waals surface area contributed by atoms with Crippen LogP contribution in [0.2, 0.25) is 5.02 Å². The second-order valence-corrected chi connectivity index (χ2v) is 8.32. The highest BCUT2D eigenvalue weighted by Crippen LogP contribution is 2.32. The summed E-state index contributed by atoms with van der Waals surface area (Å²) in [5.41, 5.74) is 6.86. The molecule has 168 valence electrons. The highest BCUT2D eigenvalue weighted by molar-refractivity contribution is 6.30. The normalized spacial score (nSPS) is 14.5. The number of rotatable bonds is 5. The predicted molar refractivity (Wildman–Crippen MR) is 125 cm³/mol. The Labute approximate surface area is 194 Å². The summed E-state index contributed by atoms with van der Waals surface area (Å²) in [4.78, 5) is 22.8. The highest BCUT2D eigenvalue weighted by atomic mass is 35.5. The monoisotopic (exact) mass is 464 g/mol. The first-order valence-electron chi connectivity index (χ1n) is 10.5. The summed E-state index contributed by atoms with van der Waals surface area (Å²) in [6.07, 6.45) is 4.38. The molecule has 1 saturated heterocycles. The summed E-state index contributed by atoms with van der Waals surface area (Å²) >= 11 is 5.97. The van der Waals surface area contributed by atoms with Crippen LogP contribution in [0.5, 0.6) is 11.5 Å². The van der Waals surface area contributed by atoms with E-state index in [0.717, 1.165) is 37.1 Å². The summed E-state index contributed by atoms with van der Waals surface area (Å²) in [5.74, 6) is 1.28. The number of hydrogen-bond donors (Lipinski definition) is 2. The largest absolute Gasteiger partial charge is 0.478 e. The van der Waals surface area contributed by atoms with Crippen molar-refractivity contribution in [1.29, 1.82) is 0 Å². The van der Waals surface area contributed by atoms with Gasteiger partial charge in [-0.3, -0.25) is 0 Å². The molecule has 0 spiro atoms. The lowest BCUT2D eigenvalue weighted by Crippen LogP contribution is -2.40. The highest BCUT2D eigenvalue weighted by Gasteiger charge is 2.22. The van der Waals surface area contributed by atoms with Crippen molar-refractivity contribution < 1.29 is 14.6 Å². The zero-order valence-corrected chi connectivity index (χ0v) is 18.3. The first-order chi connectivity index (χ1) is 16.0. The van der Waals surface area contributed by atoms with Crippen LogP contribution in [0, 0.1) is 0 Å². The number of benzene rings is 2. The van der Waals surface area contributed by atoms with Crippen LogP contribution in [0.25, 0.3) is 16.9 Å². The van der Waals surface area contributed by atoms with Crippen molar-refractivity contribution in [3.8, 4) is 17.4 Å². The van der Waals surface area contributed by atoms with Gasteiger partial charge < -0.3 is 20.5 Å². The molecule has 4 aromatic rings. The Morgan fingerprint density at radius 2 is 1.82 bits per heavy atom. The number of piperidine rings is 1. The van der Waals surface area contributed by atoms with E-state index >= 15 is 0 Å². The van der Waals surface area contributed by atoms with Gasteiger partial charge in [0, 0.05) is 35.7 Å². The fourth-order valence-corrected chi connectivity index (χ4v) is 3.91. The molecule has 1 fully saturated rings. The molecule has 33 heavy (non-hydrogen) atoms. The lowest BCUT2D eigenvalue weighted by molar-refractivity contribution is 0.0697. The third kappa shape index (κ3) is 4.46. The standard InChI is InChI=1S/C23H21ClN6O3/c24-15-1-3-17(4-2-15)33-18-5-6-20-19(11-18)21(29-9-7-16(25)8-10-29)28-23(27-20)30-13-14(12-26-30)22(31)32/h1-6,11-13,16H,7-10,25H2,(H,31,32). The molecule has 1 aliphatic heterocycles. The van der Waals surface area contributed by atoms with Crippen molar-refractivity contribution >= 4 is 34.3 Å². The molecule has 0 aliphatic carbocycles. The van der Waals surface area contributed by atoms with Gasteiger partial charge in [-0.25, -0.2) is 14.5 Å². The van der Waals surface area contributed by atoms with Crippen LogP contribution in [0.1, 0.15) is 23.2 Å². The molecule has 9 nitrogen and oxygen atoms in total. The van der Waals surface area contributed by atoms with Crippen molar-refractivity contribution in [2.75, 3.05) is 18.0 Å². The molecule has 5 rings (SSSR count). The van der Waals surface area contributed by atoms with Crippen molar-refractivity contribution in [1.82, 2.24) is 19.7 Å². The minimum Gasteiger partial charge on any atom is -0.478 e. The van der Waals surface area contributed by atoms with E-state index in [9.17, 15) is 9.90 Å². The molecule has 0 bridgehead atoms. The Hall–Kier alpha value is -3.69. The third-order valence-electron chi connectivity index (χ3n) is 5.56. The van der Waals surface area contributed by atoms with E-state index in [0.29, 0.717) is 28.0 Å². The quantitative estimate of drug-likeness (QED) is 0.456. The summed E-state index contributed by atoms with van der Waals surface area (Å²) in [7, 11) is 0. The fraction of sp³-hybridized carbons (Fsp3) is 0.217. The number of carbonyl (C=O) groups is 1. The number of aromatic carboxylic acids is 1. The molecule has 3 N–H and O–H groups in total. The van der Waals surface area contributed by atoms with Crippen LogP contribution < -0.4 is 15.4 Å². The first-order valence-corrected chi connectivity index (χ1v) is 10.9. The van der Waals surface area contributed by atoms with E-state index in [1.54, 1.807) is 24.3 Å². The first kappa shape index (κ1) is 21.2. The van der Waals surface area contributed by atoms with Crippen molar-refractivity contribution in [3.63, 3.8) is 0 Å². The van der Waals surface area contributed by atoms with E-state index in [1.807, 2.05) is 18.2 Å². The molecule has 0 amide bonds. The van der Waals surface area contributed by atoms with Crippen molar-refractivity contribution in [2.45, 2.75) is 18.9 Å². The number of anilines is 1. The minimum atomic E-state index is -1.06. The van der Waals surface area contributed by atoms with Gasteiger partial charge in [0.1, 0.15) is 17.3 Å². The summed E-state index contributed by atoms with van der Waals surface area (Å²) in [5, 5.41) is 14.8. The lowest BCUT2D eigenvalue weighted by Gasteiger charge is -2.32. The lowest BCUT2D eigenvalue weighted by atomic mass is 10.1. The maximum absolute atomic E-state index is 11.3. The topological polar surface area (TPSA) is 119 Å². The smallest absolute Gasteiger partial charge is 0.338 e. The summed E-state index contributed by atoms with van der Waals surface area (Å²) in [6.45, 7) is 1.52. The Morgan fingerprint density at radius 1 is 1.09 bits per heavy atom. The van der Waals surface area contributed by atoms with E-state index in [-0.39, 0.29) is 11.6 Å². The van der Waals surface area contributed by atoms with Gasteiger partial charge in [0.2, 0.25) is 0 Å². The Morgan fingerprint density at radius 3 is 2.52 bits per heavy atom. The zero-order chi connectivity index (χ0) is 22.9. The van der Waals surface area contributed by atoms with Crippen LogP contribution >= 0.6 is 11.6 Å². The number of halogens is 1. The van der Waals surface area contributed by atoms with Gasteiger partial charge in [0.25, 0.3) is 5.95 Å². The van der Waals surface area contributed by atoms with Crippen LogP contribution in [-0.4, -0.2) is 50.0 Å². The van der Waals surface area contributed by atoms with Crippen LogP contribution in [-0.2, 0) is 0 Å². The minimum absolute atomic E-state index is 0.0657. The Kier molecular flexibility index (Phi) is 5.57. The number of carboxylic acids is 1. The van der Waals surface area contributed by atoms with Gasteiger partial charge in [-0.05, 0) is 55.3 Å². The van der Waals surface area contributed by atoms with Crippen LogP contribution in [0.15, 0.2) is 54.9 Å². The van der Waals surface area contributed by atoms with E-state index in [2.05, 4.69) is 15.0 Å². The SMILES string of the molecule is NC1CCN(c2nc(-n3cc(C(=O)O)cn3)nc3ccc(Oc4ccc(Cl)cc4)cc23)CC1. The third-order valence-corrected chi connectivity index (χ3v) is 5.81. The molecule has 10 heteroatoms. The molecule has 3 heterocycles. The summed E-state index contributed by atoms with van der Waals surface area (Å²) in [6, 6.07) is 12.9. The zero-order valence-electron chi connectivity index (χ0n) is 17.6. The van der Waals surface area contributed by atoms with Crippen LogP contribution in [0.3, 0.4) is 0 Å². The molecule has 2 aromatic carbocycles. The van der Waals surface area contributed by atoms with Crippen molar-refractivity contribution in [2.24, 2.45) is 5.73 Å². The Bertz CT molecular complexity index is 1320. The Balaban J connectivity index is 1.58. The van der Waals surface area contributed by atoms with Gasteiger partial charge in [0.15, 0.2) is 0 Å². The number of nitrogens with zero attached hydrogens (tertiary/aromatic N) is 5. The van der Waals surface area contributed by atoms with E-state index in [4.69, 9.17) is 27.1 Å². The second-order valence-electron chi connectivity index (χ2n) is 7.89. The van der Waals surface area contributed by atoms with Gasteiger partial charge >= 0.3 is 5.97 Å². The summed E-state index contributed by atoms with van der Waals surface area (Å²) < 4.78 is 7.39. The number of hydrogen-bond acceptors (Lipinski definition) is 7. The number of fused-ring (bicyclic) bond motifs is 1. The van der Waals surface area contributed by atoms with E-state index < -0.39 is 5.97 Å². The molecule has 0 radical (unpaired) electrons. The van der Waals surface area contributed by atoms with Gasteiger partial charge in [-0.1, -0.05) is 11.6 Å². The molecular formula is C23H21ClN6O3.